The van der Waals surface area contributed by atoms with Gasteiger partial charge in [-0.05, 0) is 159 Å². The highest BCUT2D eigenvalue weighted by molar-refractivity contribution is 5.81. The highest BCUT2D eigenvalue weighted by atomic mass is 16.6. The molecule has 0 saturated heterocycles. The first-order valence-electron chi connectivity index (χ1n) is 20.1. The van der Waals surface area contributed by atoms with Gasteiger partial charge in [-0.2, -0.15) is 0 Å². The lowest BCUT2D eigenvalue weighted by Gasteiger charge is -2.70. The molecule has 4 saturated carbocycles. The molecule has 11 atom stereocenters. The summed E-state index contributed by atoms with van der Waals surface area (Å²) in [6, 6.07) is -0.907. The molecule has 4 fully saturated rings. The minimum absolute atomic E-state index is 0.00546. The summed E-state index contributed by atoms with van der Waals surface area (Å²) in [7, 11) is 0. The molecule has 0 aromatic heterocycles. The number of nitrogens with two attached hydrogens (primary N) is 2. The number of esters is 1. The normalized spacial score (nSPS) is 37.3. The highest BCUT2D eigenvalue weighted by Crippen LogP contribution is 2.76. The molecule has 0 aliphatic heterocycles. The highest BCUT2D eigenvalue weighted by Gasteiger charge is 2.71. The van der Waals surface area contributed by atoms with Gasteiger partial charge >= 0.3 is 12.1 Å². The number of aliphatic imine (C=N–C) groups is 1. The summed E-state index contributed by atoms with van der Waals surface area (Å²) in [5, 5.41) is 37.1. The standard InChI is InChI=1S/C41H74N4O7/c1-35(2,3)52-34(48)45-26(14-12-23-44-33(42)43)32(47)51-30-17-20-38(8)28(37(30,6)7)16-22-39(9)29(38)24-27(46)31-25(15-21-40(31,39)10)41(11,50)19-13-18-36(4,5)49/h25-31,46,49-50H,12-24H2,1-11H3,(H,45,48)(H4,42,43,44)/t25-,26-,27+,28-,29+,30-,31-,38-,39+,40+,41+/m0/s1. The van der Waals surface area contributed by atoms with Crippen molar-refractivity contribution in [3.8, 4) is 0 Å². The summed E-state index contributed by atoms with van der Waals surface area (Å²) in [5.74, 6) is 0.0552. The summed E-state index contributed by atoms with van der Waals surface area (Å²) < 4.78 is 11.8. The number of fused-ring (bicyclic) bond motifs is 5. The number of rotatable bonds is 12. The van der Waals surface area contributed by atoms with Gasteiger partial charge in [-0.15, -0.1) is 0 Å². The second kappa shape index (κ2) is 14.9. The van der Waals surface area contributed by atoms with E-state index in [1.807, 2.05) is 20.8 Å². The number of nitrogens with one attached hydrogen (secondary N) is 1. The van der Waals surface area contributed by atoms with E-state index in [2.05, 4.69) is 44.9 Å². The number of nitrogens with zero attached hydrogens (tertiary/aromatic N) is 1. The maximum absolute atomic E-state index is 13.8. The number of hydrogen-bond acceptors (Lipinski definition) is 8. The Morgan fingerprint density at radius 1 is 0.885 bits per heavy atom. The van der Waals surface area contributed by atoms with Gasteiger partial charge in [-0.1, -0.05) is 34.6 Å². The summed E-state index contributed by atoms with van der Waals surface area (Å²) in [5.41, 5.74) is 8.03. The van der Waals surface area contributed by atoms with Gasteiger partial charge in [-0.3, -0.25) is 4.99 Å². The third-order valence-electron chi connectivity index (χ3n) is 14.8. The van der Waals surface area contributed by atoms with Crippen LogP contribution in [0.2, 0.25) is 0 Å². The first-order chi connectivity index (χ1) is 23.7. The summed E-state index contributed by atoms with van der Waals surface area (Å²) in [6.07, 6.45) is 7.39. The van der Waals surface area contributed by atoms with Gasteiger partial charge in [0.1, 0.15) is 17.7 Å². The van der Waals surface area contributed by atoms with Crippen molar-refractivity contribution in [2.75, 3.05) is 6.54 Å². The number of aliphatic hydroxyl groups excluding tert-OH is 1. The van der Waals surface area contributed by atoms with E-state index in [4.69, 9.17) is 20.9 Å². The molecule has 0 unspecified atom stereocenters. The van der Waals surface area contributed by atoms with Crippen LogP contribution < -0.4 is 16.8 Å². The minimum atomic E-state index is -0.913. The van der Waals surface area contributed by atoms with Crippen LogP contribution in [0.4, 0.5) is 4.79 Å². The van der Waals surface area contributed by atoms with E-state index in [-0.39, 0.29) is 57.4 Å². The number of aliphatic hydroxyl groups is 3. The lowest BCUT2D eigenvalue weighted by Crippen LogP contribution is -2.67. The first kappa shape index (κ1) is 42.6. The van der Waals surface area contributed by atoms with Gasteiger partial charge in [0.05, 0.1) is 17.3 Å². The van der Waals surface area contributed by atoms with E-state index < -0.39 is 41.0 Å². The number of carbonyl (C=O) groups excluding carboxylic acids is 2. The van der Waals surface area contributed by atoms with Crippen LogP contribution in [-0.4, -0.2) is 74.9 Å². The predicted octanol–water partition coefficient (Wildman–Crippen LogP) is 6.19. The third-order valence-corrected chi connectivity index (χ3v) is 14.8. The fourth-order valence-corrected chi connectivity index (χ4v) is 12.1. The SMILES string of the molecule is CC(C)(O)CCC[C@@](C)(O)[C@H]1CC[C@]2(C)[C@@H]1[C@H](O)C[C@@H]1[C@@]3(C)CC[C@H](OC(=O)[C@H](CCCN=C(N)N)NC(=O)OC(C)(C)C)C(C)(C)[C@@H]3CC[C@]12C. The molecule has 4 aliphatic rings. The topological polar surface area (TPSA) is 190 Å². The quantitative estimate of drug-likeness (QED) is 0.0588. The van der Waals surface area contributed by atoms with Crippen LogP contribution in [0.25, 0.3) is 0 Å². The van der Waals surface area contributed by atoms with Crippen LogP contribution >= 0.6 is 0 Å². The van der Waals surface area contributed by atoms with E-state index in [9.17, 15) is 24.9 Å². The monoisotopic (exact) mass is 735 g/mol. The van der Waals surface area contributed by atoms with Crippen molar-refractivity contribution in [3.05, 3.63) is 0 Å². The molecule has 4 aliphatic carbocycles. The maximum Gasteiger partial charge on any atom is 0.408 e. The third kappa shape index (κ3) is 8.56. The summed E-state index contributed by atoms with van der Waals surface area (Å²) >= 11 is 0. The van der Waals surface area contributed by atoms with Gasteiger partial charge in [-0.25, -0.2) is 9.59 Å². The molecule has 52 heavy (non-hydrogen) atoms. The molecule has 0 aromatic carbocycles. The van der Waals surface area contributed by atoms with Gasteiger partial charge in [0.25, 0.3) is 0 Å². The minimum Gasteiger partial charge on any atom is -0.460 e. The molecule has 8 N–H and O–H groups in total. The Bertz CT molecular complexity index is 1320. The predicted molar refractivity (Wildman–Crippen MR) is 204 cm³/mol. The molecule has 4 rings (SSSR count). The van der Waals surface area contributed by atoms with Gasteiger partial charge in [0.2, 0.25) is 0 Å². The summed E-state index contributed by atoms with van der Waals surface area (Å²) in [6.45, 7) is 23.0. The zero-order valence-electron chi connectivity index (χ0n) is 34.3. The number of hydrogen-bond donors (Lipinski definition) is 6. The van der Waals surface area contributed by atoms with Gasteiger partial charge in [0.15, 0.2) is 5.96 Å². The van der Waals surface area contributed by atoms with Crippen LogP contribution in [0.15, 0.2) is 4.99 Å². The molecule has 0 bridgehead atoms. The molecule has 0 spiro atoms. The Kier molecular flexibility index (Phi) is 12.2. The largest absolute Gasteiger partial charge is 0.460 e. The van der Waals surface area contributed by atoms with Crippen molar-refractivity contribution in [2.45, 2.75) is 188 Å². The Morgan fingerprint density at radius 3 is 2.12 bits per heavy atom. The Morgan fingerprint density at radius 2 is 1.52 bits per heavy atom. The van der Waals surface area contributed by atoms with E-state index in [1.165, 1.54) is 0 Å². The van der Waals surface area contributed by atoms with Crippen LogP contribution in [0.1, 0.15) is 153 Å². The smallest absolute Gasteiger partial charge is 0.408 e. The number of alkyl carbamates (subject to hydrolysis) is 1. The van der Waals surface area contributed by atoms with E-state index in [0.717, 1.165) is 38.5 Å². The molecule has 1 amide bonds. The molecular weight excluding hydrogens is 660 g/mol. The van der Waals surface area contributed by atoms with E-state index in [0.29, 0.717) is 45.1 Å². The maximum atomic E-state index is 13.8. The van der Waals surface area contributed by atoms with Crippen LogP contribution in [0, 0.1) is 45.3 Å². The van der Waals surface area contributed by atoms with Crippen molar-refractivity contribution < 1.29 is 34.4 Å². The van der Waals surface area contributed by atoms with Crippen molar-refractivity contribution in [1.82, 2.24) is 5.32 Å². The van der Waals surface area contributed by atoms with Crippen molar-refractivity contribution in [3.63, 3.8) is 0 Å². The first-order valence-corrected chi connectivity index (χ1v) is 20.1. The zero-order valence-corrected chi connectivity index (χ0v) is 34.3. The molecule has 0 radical (unpaired) electrons. The molecule has 0 heterocycles. The Balaban J connectivity index is 1.52. The van der Waals surface area contributed by atoms with Crippen LogP contribution in [-0.2, 0) is 14.3 Å². The number of carbonyl (C=O) groups is 2. The Labute approximate surface area is 313 Å². The molecule has 300 valence electrons. The van der Waals surface area contributed by atoms with Crippen molar-refractivity contribution >= 4 is 18.0 Å². The molecule has 11 nitrogen and oxygen atoms in total. The van der Waals surface area contributed by atoms with E-state index in [1.54, 1.807) is 20.8 Å². The van der Waals surface area contributed by atoms with Crippen LogP contribution in [0.5, 0.6) is 0 Å². The van der Waals surface area contributed by atoms with Crippen LogP contribution in [0.3, 0.4) is 0 Å². The average molecular weight is 735 g/mol. The van der Waals surface area contributed by atoms with Crippen molar-refractivity contribution in [1.29, 1.82) is 0 Å². The number of amides is 1. The fraction of sp³-hybridized carbons (Fsp3) is 0.927. The molecule has 11 heteroatoms. The lowest BCUT2D eigenvalue weighted by molar-refractivity contribution is -0.249. The number of guanidine groups is 1. The second-order valence-electron chi connectivity index (χ2n) is 20.4. The lowest BCUT2D eigenvalue weighted by atomic mass is 9.35. The van der Waals surface area contributed by atoms with Gasteiger partial charge in [0, 0.05) is 12.0 Å². The second-order valence-corrected chi connectivity index (χ2v) is 20.4. The average Bonchev–Trinajstić information content (AvgIpc) is 3.36. The Hall–Kier alpha value is -2.11. The summed E-state index contributed by atoms with van der Waals surface area (Å²) in [4.78, 5) is 30.6. The number of ether oxygens (including phenoxy) is 2. The fourth-order valence-electron chi connectivity index (χ4n) is 12.1. The van der Waals surface area contributed by atoms with E-state index >= 15 is 0 Å². The zero-order chi connectivity index (χ0) is 39.3. The molecule has 0 aromatic rings. The van der Waals surface area contributed by atoms with Crippen molar-refractivity contribution in [2.24, 2.45) is 61.8 Å². The molecular formula is C41H74N4O7. The van der Waals surface area contributed by atoms with Gasteiger partial charge < -0.3 is 41.6 Å².